The molecule has 0 saturated heterocycles. The zero-order valence-corrected chi connectivity index (χ0v) is 84.1. The molecule has 0 fully saturated rings. The second-order valence-corrected chi connectivity index (χ2v) is 46.0. The maximum absolute atomic E-state index is 12.8. The van der Waals surface area contributed by atoms with E-state index in [9.17, 15) is 4.79 Å². The van der Waals surface area contributed by atoms with Crippen LogP contribution < -0.4 is 28.4 Å². The van der Waals surface area contributed by atoms with E-state index in [1.165, 1.54) is 38.8 Å². The van der Waals surface area contributed by atoms with Crippen LogP contribution in [0.15, 0.2) is 204 Å². The van der Waals surface area contributed by atoms with Gasteiger partial charge in [-0.3, -0.25) is 9.78 Å². The third kappa shape index (κ3) is 34.0. The molecule has 0 atom stereocenters. The zero-order chi connectivity index (χ0) is 94.7. The van der Waals surface area contributed by atoms with Gasteiger partial charge in [0.15, 0.2) is 5.78 Å². The van der Waals surface area contributed by atoms with Gasteiger partial charge >= 0.3 is 6.01 Å². The third-order valence-electron chi connectivity index (χ3n) is 19.1. The Hall–Kier alpha value is -10.6. The van der Waals surface area contributed by atoms with Gasteiger partial charge in [-0.25, -0.2) is 9.97 Å². The Balaban J connectivity index is 0.000000209. The van der Waals surface area contributed by atoms with Gasteiger partial charge in [-0.15, -0.1) is 0 Å². The lowest BCUT2D eigenvalue weighted by atomic mass is 9.85. The first-order valence-electron chi connectivity index (χ1n) is 44.5. The summed E-state index contributed by atoms with van der Waals surface area (Å²) in [6, 6.07) is 64.2. The van der Waals surface area contributed by atoms with Crippen LogP contribution in [0.25, 0.3) is 45.1 Å². The number of hydrogen-bond donors (Lipinski definition) is 0. The van der Waals surface area contributed by atoms with Crippen LogP contribution in [0.5, 0.6) is 34.8 Å². The Labute approximate surface area is 758 Å². The topological polar surface area (TPSA) is 162 Å². The van der Waals surface area contributed by atoms with Crippen LogP contribution in [0.3, 0.4) is 0 Å². The molecule has 0 amide bonds. The first kappa shape index (κ1) is 102. The summed E-state index contributed by atoms with van der Waals surface area (Å²) in [6.45, 7) is 82.0. The molecule has 0 unspecified atom stereocenters. The first-order valence-corrected chi connectivity index (χ1v) is 44.5. The lowest BCUT2D eigenvalue weighted by Crippen LogP contribution is -2.28. The van der Waals surface area contributed by atoms with Crippen molar-refractivity contribution >= 4 is 51.1 Å². The summed E-state index contributed by atoms with van der Waals surface area (Å²) in [5.41, 5.74) is 14.9. The highest BCUT2D eigenvalue weighted by molar-refractivity contribution is 6.22. The Morgan fingerprint density at radius 1 is 0.254 bits per heavy atom. The van der Waals surface area contributed by atoms with E-state index >= 15 is 0 Å². The number of fused-ring (bicyclic) bond motifs is 5. The zero-order valence-electron chi connectivity index (χ0n) is 84.1. The van der Waals surface area contributed by atoms with E-state index in [-0.39, 0.29) is 77.3 Å². The number of pyridine rings is 2. The molecular weight excluding hydrogens is 1560 g/mol. The summed E-state index contributed by atoms with van der Waals surface area (Å²) >= 11 is 0. The summed E-state index contributed by atoms with van der Waals surface area (Å²) in [5, 5.41) is 10.9. The predicted octanol–water partition coefficient (Wildman–Crippen LogP) is 31.3. The average Bonchev–Trinajstić information content (AvgIpc) is 1.58. The molecule has 3 heterocycles. The van der Waals surface area contributed by atoms with Gasteiger partial charge in [-0.05, 0) is 294 Å². The van der Waals surface area contributed by atoms with Gasteiger partial charge in [0.05, 0.1) is 22.4 Å². The van der Waals surface area contributed by atoms with Crippen LogP contribution in [0.2, 0.25) is 0 Å². The van der Waals surface area contributed by atoms with E-state index in [1.54, 1.807) is 0 Å². The standard InChI is InChI=1S/C22H28O.C21H25NO.C21H24O2.C20H26N2O.C15H27N3O.C13H21NO/c1-21(2,3)19-13-9-17(10-14-19)7-8-18-11-15-20(16-12-18)23-22(4,5)6;1-20(2,3)16-9-7-14-11-15-8-10-17(23-21(4,5)6)13-19(15)22-18(14)12-16;1-20(2,3)13-7-9-15-16-10-8-14(23-21(4,5)6)12-18(16)19(22)17(15)11-13;1-19(2,3)15-7-9-16(10-8-15)21-22-17-11-13-18(14-12-17)23-20(4,5)6;1-13(2,3)10-16-11(14(4,5)6)18-12(17-10)19-15(7,8)9;1-12(2,3)11-9-10(7-8-14-11)15-13(4,5)6/h7-16H,1-6H3;7-13H,1-6H3;7-12H,1-6H3;7-14H,1-6H3;1-9H3;7-9H,1-6H3/b8-7+;;;;;. The number of nitrogens with zero attached hydrogens (tertiary/aromatic N) is 7. The molecule has 1 aliphatic carbocycles. The summed E-state index contributed by atoms with van der Waals surface area (Å²) in [4.78, 5) is 35.6. The fraction of sp³-hybridized carbons (Fsp3) is 0.464. The predicted molar refractivity (Wildman–Crippen MR) is 531 cm³/mol. The molecule has 676 valence electrons. The van der Waals surface area contributed by atoms with Gasteiger partial charge in [-0.1, -0.05) is 230 Å². The summed E-state index contributed by atoms with van der Waals surface area (Å²) in [5.74, 6) is 5.88. The molecule has 14 nitrogen and oxygen atoms in total. The Bertz CT molecular complexity index is 5340. The van der Waals surface area contributed by atoms with Crippen molar-refractivity contribution < 1.29 is 33.2 Å². The quantitative estimate of drug-likeness (QED) is 0.0725. The second-order valence-electron chi connectivity index (χ2n) is 46.0. The normalized spacial score (nSPS) is 13.0. The maximum Gasteiger partial charge on any atom is 0.320 e. The van der Waals surface area contributed by atoms with Crippen LogP contribution in [-0.2, 0) is 37.9 Å². The van der Waals surface area contributed by atoms with Crippen LogP contribution >= 0.6 is 0 Å². The average molecular weight is 1710 g/mol. The molecule has 0 aliphatic heterocycles. The number of carbonyl (C=O) groups excluding carboxylic acids is 1. The number of ketones is 1. The summed E-state index contributed by atoms with van der Waals surface area (Å²) < 4.78 is 35.1. The molecule has 12 rings (SSSR count). The number of aromatic nitrogens is 5. The molecule has 3 aromatic heterocycles. The molecule has 0 spiro atoms. The minimum atomic E-state index is -0.314. The summed E-state index contributed by atoms with van der Waals surface area (Å²) in [6.07, 6.45) is 6.08. The van der Waals surface area contributed by atoms with E-state index in [1.807, 2.05) is 186 Å². The van der Waals surface area contributed by atoms with E-state index in [2.05, 4.69) is 320 Å². The fourth-order valence-corrected chi connectivity index (χ4v) is 12.6. The van der Waals surface area contributed by atoms with Gasteiger partial charge in [0, 0.05) is 62.2 Å². The van der Waals surface area contributed by atoms with Gasteiger partial charge in [0.2, 0.25) is 0 Å². The number of carbonyl (C=O) groups is 1. The van der Waals surface area contributed by atoms with Crippen LogP contribution in [-0.4, -0.2) is 64.3 Å². The maximum atomic E-state index is 12.8. The summed E-state index contributed by atoms with van der Waals surface area (Å²) in [7, 11) is 0. The first-order chi connectivity index (χ1) is 57.4. The SMILES string of the molecule is CC(C)(C)Oc1ccc(/C=C/c2ccc(C(C)(C)C)cc2)cc1.CC(C)(C)Oc1ccc(N=Nc2ccc(C(C)(C)C)cc2)cc1.CC(C)(C)Oc1ccc2c(c1)C(=O)c1cc(C(C)(C)C)ccc1-2.CC(C)(C)Oc1ccc2cc3ccc(C(C)(C)C)cc3nc2c1.CC(C)(C)Oc1ccnc(C(C)(C)C)c1.CC(C)(C)Oc1nc(C(C)(C)C)nc(C(C)(C)C)n1. The molecular formula is C112H151N7O7. The van der Waals surface area contributed by atoms with Crippen molar-refractivity contribution in [3.8, 4) is 45.9 Å². The molecule has 14 heteroatoms. The van der Waals surface area contributed by atoms with Gasteiger partial charge < -0.3 is 28.4 Å². The monoisotopic (exact) mass is 1710 g/mol. The van der Waals surface area contributed by atoms with Gasteiger partial charge in [-0.2, -0.15) is 20.2 Å². The van der Waals surface area contributed by atoms with Crippen molar-refractivity contribution in [1.29, 1.82) is 0 Å². The van der Waals surface area contributed by atoms with E-state index < -0.39 is 0 Å². The number of azo groups is 1. The van der Waals surface area contributed by atoms with Crippen molar-refractivity contribution in [2.75, 3.05) is 0 Å². The molecule has 0 saturated carbocycles. The highest BCUT2D eigenvalue weighted by Gasteiger charge is 2.32. The number of hydrogen-bond acceptors (Lipinski definition) is 14. The highest BCUT2D eigenvalue weighted by Crippen LogP contribution is 2.42. The van der Waals surface area contributed by atoms with Crippen molar-refractivity contribution in [1.82, 2.24) is 24.9 Å². The second kappa shape index (κ2) is 39.7. The molecule has 126 heavy (non-hydrogen) atoms. The van der Waals surface area contributed by atoms with Crippen molar-refractivity contribution in [2.45, 2.75) is 342 Å². The lowest BCUT2D eigenvalue weighted by Gasteiger charge is -2.25. The van der Waals surface area contributed by atoms with E-state index in [4.69, 9.17) is 33.4 Å². The smallest absolute Gasteiger partial charge is 0.320 e. The fourth-order valence-electron chi connectivity index (χ4n) is 12.6. The molecule has 0 N–H and O–H groups in total. The van der Waals surface area contributed by atoms with Crippen molar-refractivity contribution in [3.05, 3.63) is 256 Å². The Morgan fingerprint density at radius 3 is 0.984 bits per heavy atom. The molecule has 0 radical (unpaired) electrons. The van der Waals surface area contributed by atoms with Crippen molar-refractivity contribution in [3.63, 3.8) is 0 Å². The minimum absolute atomic E-state index is 0.0323. The van der Waals surface area contributed by atoms with Gasteiger partial charge in [0.1, 0.15) is 74.0 Å². The largest absolute Gasteiger partial charge is 0.488 e. The van der Waals surface area contributed by atoms with Crippen LogP contribution in [0.4, 0.5) is 11.4 Å². The molecule has 0 bridgehead atoms. The minimum Gasteiger partial charge on any atom is -0.488 e. The molecule has 1 aliphatic rings. The Kier molecular flexibility index (Phi) is 32.3. The Morgan fingerprint density at radius 2 is 0.571 bits per heavy atom. The van der Waals surface area contributed by atoms with E-state index in [0.29, 0.717) is 6.01 Å². The van der Waals surface area contributed by atoms with Crippen LogP contribution in [0, 0.1) is 0 Å². The number of rotatable bonds is 10. The third-order valence-corrected chi connectivity index (χ3v) is 19.1. The lowest BCUT2D eigenvalue weighted by molar-refractivity contribution is 0.103. The molecule has 11 aromatic rings. The van der Waals surface area contributed by atoms with Gasteiger partial charge in [0.25, 0.3) is 0 Å². The van der Waals surface area contributed by atoms with Crippen molar-refractivity contribution in [2.24, 2.45) is 10.2 Å². The van der Waals surface area contributed by atoms with E-state index in [0.717, 1.165) is 96.1 Å². The number of benzene rings is 8. The molecule has 8 aromatic carbocycles. The number of ether oxygens (including phenoxy) is 6. The van der Waals surface area contributed by atoms with Crippen LogP contribution in [0.1, 0.15) is 337 Å². The highest BCUT2D eigenvalue weighted by atomic mass is 16.5.